The Morgan fingerprint density at radius 1 is 1.12 bits per heavy atom. The number of H-pyrrole nitrogens is 1. The summed E-state index contributed by atoms with van der Waals surface area (Å²) in [6.45, 7) is 8.10. The Morgan fingerprint density at radius 3 is 2.60 bits per heavy atom. The highest BCUT2D eigenvalue weighted by atomic mass is 16.2. The van der Waals surface area contributed by atoms with E-state index in [2.05, 4.69) is 20.0 Å². The van der Waals surface area contributed by atoms with E-state index in [1.165, 1.54) is 19.4 Å². The Hall–Kier alpha value is -2.14. The fourth-order valence-electron chi connectivity index (χ4n) is 4.33. The number of benzene rings is 1. The van der Waals surface area contributed by atoms with Crippen molar-refractivity contribution in [3.05, 3.63) is 41.2 Å². The Balaban J connectivity index is 1.52. The van der Waals surface area contributed by atoms with Gasteiger partial charge >= 0.3 is 0 Å². The van der Waals surface area contributed by atoms with E-state index < -0.39 is 0 Å². The lowest BCUT2D eigenvalue weighted by atomic mass is 10.0. The SMILES string of the molecule is Cc1n[nH]c(C)c1-c1ccc(C(=O)N2CCCN3CCC[C@H]3C2)cc1. The van der Waals surface area contributed by atoms with Gasteiger partial charge in [0, 0.05) is 42.5 Å². The maximum absolute atomic E-state index is 13.0. The monoisotopic (exact) mass is 338 g/mol. The van der Waals surface area contributed by atoms with Gasteiger partial charge in [0.2, 0.25) is 0 Å². The van der Waals surface area contributed by atoms with Gasteiger partial charge in [0.25, 0.3) is 5.91 Å². The Morgan fingerprint density at radius 2 is 1.88 bits per heavy atom. The van der Waals surface area contributed by atoms with Gasteiger partial charge in [-0.2, -0.15) is 5.10 Å². The largest absolute Gasteiger partial charge is 0.337 e. The second-order valence-corrected chi connectivity index (χ2v) is 7.32. The normalized spacial score (nSPS) is 21.2. The minimum absolute atomic E-state index is 0.168. The predicted octanol–water partition coefficient (Wildman–Crippen LogP) is 3.00. The maximum Gasteiger partial charge on any atom is 0.253 e. The van der Waals surface area contributed by atoms with Crippen LogP contribution in [0.4, 0.5) is 0 Å². The van der Waals surface area contributed by atoms with Crippen molar-refractivity contribution >= 4 is 5.91 Å². The molecular formula is C20H26N4O. The molecule has 0 spiro atoms. The Bertz CT molecular complexity index is 745. The number of rotatable bonds is 2. The number of hydrogen-bond donors (Lipinski definition) is 1. The average Bonchev–Trinajstić information content (AvgIpc) is 3.14. The number of carbonyl (C=O) groups is 1. The molecule has 3 heterocycles. The van der Waals surface area contributed by atoms with E-state index in [4.69, 9.17) is 0 Å². The second kappa shape index (κ2) is 6.64. The van der Waals surface area contributed by atoms with Gasteiger partial charge in [-0.1, -0.05) is 12.1 Å². The van der Waals surface area contributed by atoms with Crippen molar-refractivity contribution in [1.29, 1.82) is 0 Å². The lowest BCUT2D eigenvalue weighted by Gasteiger charge is -2.25. The first-order valence-corrected chi connectivity index (χ1v) is 9.29. The molecule has 1 atom stereocenters. The molecule has 2 aliphatic rings. The van der Waals surface area contributed by atoms with Gasteiger partial charge < -0.3 is 4.90 Å². The molecule has 0 radical (unpaired) electrons. The Labute approximate surface area is 149 Å². The molecule has 5 nitrogen and oxygen atoms in total. The van der Waals surface area contributed by atoms with Crippen LogP contribution in [-0.2, 0) is 0 Å². The average molecular weight is 338 g/mol. The van der Waals surface area contributed by atoms with E-state index >= 15 is 0 Å². The molecule has 1 N–H and O–H groups in total. The number of aromatic nitrogens is 2. The quantitative estimate of drug-likeness (QED) is 0.916. The summed E-state index contributed by atoms with van der Waals surface area (Å²) in [4.78, 5) is 17.6. The highest BCUT2D eigenvalue weighted by molar-refractivity contribution is 5.94. The van der Waals surface area contributed by atoms with Gasteiger partial charge in [-0.15, -0.1) is 0 Å². The predicted molar refractivity (Wildman–Crippen MR) is 98.6 cm³/mol. The minimum atomic E-state index is 0.168. The highest BCUT2D eigenvalue weighted by Crippen LogP contribution is 2.26. The van der Waals surface area contributed by atoms with Crippen molar-refractivity contribution in [2.24, 2.45) is 0 Å². The molecule has 0 unspecified atom stereocenters. The zero-order chi connectivity index (χ0) is 17.4. The van der Waals surface area contributed by atoms with Crippen LogP contribution in [0.5, 0.6) is 0 Å². The van der Waals surface area contributed by atoms with E-state index in [0.717, 1.165) is 54.1 Å². The molecule has 1 aromatic heterocycles. The molecule has 2 saturated heterocycles. The number of fused-ring (bicyclic) bond motifs is 1. The standard InChI is InChI=1S/C20H26N4O/c1-14-19(15(2)22-21-14)16-6-8-17(9-7-16)20(25)24-12-4-11-23-10-3-5-18(23)13-24/h6-9,18H,3-5,10-13H2,1-2H3,(H,21,22)/t18-/m0/s1. The van der Waals surface area contributed by atoms with Gasteiger partial charge in [-0.3, -0.25) is 14.8 Å². The fraction of sp³-hybridized carbons (Fsp3) is 0.500. The van der Waals surface area contributed by atoms with Gasteiger partial charge in [-0.25, -0.2) is 0 Å². The minimum Gasteiger partial charge on any atom is -0.337 e. The molecular weight excluding hydrogens is 312 g/mol. The molecule has 0 aliphatic carbocycles. The molecule has 2 fully saturated rings. The van der Waals surface area contributed by atoms with Gasteiger partial charge in [0.05, 0.1) is 5.69 Å². The molecule has 4 rings (SSSR count). The third kappa shape index (κ3) is 3.09. The van der Waals surface area contributed by atoms with E-state index in [1.807, 2.05) is 38.1 Å². The van der Waals surface area contributed by atoms with Crippen LogP contribution in [0.25, 0.3) is 11.1 Å². The first kappa shape index (κ1) is 16.3. The summed E-state index contributed by atoms with van der Waals surface area (Å²) in [7, 11) is 0. The topological polar surface area (TPSA) is 52.2 Å². The van der Waals surface area contributed by atoms with Crippen molar-refractivity contribution in [3.8, 4) is 11.1 Å². The number of nitrogens with one attached hydrogen (secondary N) is 1. The third-order valence-corrected chi connectivity index (χ3v) is 5.64. The summed E-state index contributed by atoms with van der Waals surface area (Å²) in [5, 5.41) is 7.28. The number of aryl methyl sites for hydroxylation is 2. The molecule has 132 valence electrons. The van der Waals surface area contributed by atoms with E-state index in [9.17, 15) is 4.79 Å². The number of hydrogen-bond acceptors (Lipinski definition) is 3. The summed E-state index contributed by atoms with van der Waals surface area (Å²) in [5.41, 5.74) is 5.08. The van der Waals surface area contributed by atoms with Crippen LogP contribution in [0.15, 0.2) is 24.3 Å². The second-order valence-electron chi connectivity index (χ2n) is 7.32. The van der Waals surface area contributed by atoms with Crippen LogP contribution in [0.1, 0.15) is 41.0 Å². The summed E-state index contributed by atoms with van der Waals surface area (Å²) in [6.07, 6.45) is 3.57. The van der Waals surface area contributed by atoms with E-state index in [1.54, 1.807) is 0 Å². The Kier molecular flexibility index (Phi) is 4.34. The first-order valence-electron chi connectivity index (χ1n) is 9.29. The van der Waals surface area contributed by atoms with Gasteiger partial charge in [-0.05, 0) is 57.4 Å². The lowest BCUT2D eigenvalue weighted by Crippen LogP contribution is -2.39. The highest BCUT2D eigenvalue weighted by Gasteiger charge is 2.30. The molecule has 1 amide bonds. The summed E-state index contributed by atoms with van der Waals surface area (Å²) >= 11 is 0. The van der Waals surface area contributed by atoms with Crippen LogP contribution in [0.2, 0.25) is 0 Å². The van der Waals surface area contributed by atoms with Crippen molar-refractivity contribution < 1.29 is 4.79 Å². The maximum atomic E-state index is 13.0. The van der Waals surface area contributed by atoms with E-state index in [-0.39, 0.29) is 5.91 Å². The summed E-state index contributed by atoms with van der Waals surface area (Å²) < 4.78 is 0. The van der Waals surface area contributed by atoms with Gasteiger partial charge in [0.15, 0.2) is 0 Å². The molecule has 2 aromatic rings. The van der Waals surface area contributed by atoms with Crippen LogP contribution < -0.4 is 0 Å². The van der Waals surface area contributed by atoms with Crippen LogP contribution >= 0.6 is 0 Å². The first-order chi connectivity index (χ1) is 12.1. The van der Waals surface area contributed by atoms with Crippen LogP contribution in [0.3, 0.4) is 0 Å². The molecule has 1 aromatic carbocycles. The van der Waals surface area contributed by atoms with Crippen LogP contribution in [-0.4, -0.2) is 58.1 Å². The van der Waals surface area contributed by atoms with E-state index in [0.29, 0.717) is 6.04 Å². The molecule has 0 saturated carbocycles. The lowest BCUT2D eigenvalue weighted by molar-refractivity contribution is 0.0743. The summed E-state index contributed by atoms with van der Waals surface area (Å²) in [5.74, 6) is 0.168. The van der Waals surface area contributed by atoms with Crippen molar-refractivity contribution in [2.75, 3.05) is 26.2 Å². The number of amides is 1. The fourth-order valence-corrected chi connectivity index (χ4v) is 4.33. The van der Waals surface area contributed by atoms with Crippen molar-refractivity contribution in [3.63, 3.8) is 0 Å². The van der Waals surface area contributed by atoms with Crippen molar-refractivity contribution in [1.82, 2.24) is 20.0 Å². The number of carbonyl (C=O) groups excluding carboxylic acids is 1. The molecule has 5 heteroatoms. The van der Waals surface area contributed by atoms with Crippen molar-refractivity contribution in [2.45, 2.75) is 39.2 Å². The third-order valence-electron chi connectivity index (χ3n) is 5.64. The zero-order valence-corrected chi connectivity index (χ0v) is 15.1. The van der Waals surface area contributed by atoms with Crippen LogP contribution in [0, 0.1) is 13.8 Å². The summed E-state index contributed by atoms with van der Waals surface area (Å²) in [6, 6.07) is 8.55. The number of nitrogens with zero attached hydrogens (tertiary/aromatic N) is 3. The number of aromatic amines is 1. The van der Waals surface area contributed by atoms with Gasteiger partial charge in [0.1, 0.15) is 0 Å². The molecule has 2 aliphatic heterocycles. The zero-order valence-electron chi connectivity index (χ0n) is 15.1. The molecule has 25 heavy (non-hydrogen) atoms. The molecule has 0 bridgehead atoms. The smallest absolute Gasteiger partial charge is 0.253 e.